The number of likely N-dealkylation sites (N-methyl/N-ethyl adjacent to an activating group) is 1. The molecule has 4 nitrogen and oxygen atoms in total. The molecule has 0 bridgehead atoms. The van der Waals surface area contributed by atoms with Gasteiger partial charge in [-0.25, -0.2) is 0 Å². The van der Waals surface area contributed by atoms with E-state index in [1.807, 2.05) is 13.8 Å². The molecule has 1 heterocycles. The molecular formula is C11H22N2O2. The van der Waals surface area contributed by atoms with Crippen LogP contribution < -0.4 is 5.32 Å². The van der Waals surface area contributed by atoms with Gasteiger partial charge >= 0.3 is 0 Å². The van der Waals surface area contributed by atoms with Crippen molar-refractivity contribution < 1.29 is 9.90 Å². The molecule has 88 valence electrons. The second-order valence-corrected chi connectivity index (χ2v) is 4.04. The molecule has 1 aliphatic rings. The number of hydrogen-bond donors (Lipinski definition) is 2. The van der Waals surface area contributed by atoms with Crippen LogP contribution in [-0.4, -0.2) is 48.2 Å². The van der Waals surface area contributed by atoms with E-state index >= 15 is 0 Å². The van der Waals surface area contributed by atoms with Crippen LogP contribution in [0.3, 0.4) is 0 Å². The summed E-state index contributed by atoms with van der Waals surface area (Å²) in [5, 5.41) is 13.2. The summed E-state index contributed by atoms with van der Waals surface area (Å²) in [5.41, 5.74) is 0. The van der Waals surface area contributed by atoms with Gasteiger partial charge < -0.3 is 15.3 Å². The zero-order chi connectivity index (χ0) is 11.3. The number of nitrogens with one attached hydrogen (secondary N) is 1. The lowest BCUT2D eigenvalue weighted by molar-refractivity contribution is -0.143. The minimum atomic E-state index is -0.799. The van der Waals surface area contributed by atoms with Crippen molar-refractivity contribution >= 4 is 5.91 Å². The maximum atomic E-state index is 11.9. The van der Waals surface area contributed by atoms with Gasteiger partial charge in [-0.3, -0.25) is 4.79 Å². The fraction of sp³-hybridized carbons (Fsp3) is 0.909. The highest BCUT2D eigenvalue weighted by Crippen LogP contribution is 2.17. The molecular weight excluding hydrogens is 192 g/mol. The predicted octanol–water partition coefficient (Wildman–Crippen LogP) is 0.215. The number of nitrogens with zero attached hydrogens (tertiary/aromatic N) is 1. The van der Waals surface area contributed by atoms with Crippen molar-refractivity contribution in [1.29, 1.82) is 0 Å². The number of aliphatic hydroxyl groups excluding tert-OH is 1. The van der Waals surface area contributed by atoms with Gasteiger partial charge in [0.1, 0.15) is 6.10 Å². The minimum Gasteiger partial charge on any atom is -0.383 e. The fourth-order valence-corrected chi connectivity index (χ4v) is 2.08. The number of amides is 1. The molecule has 0 radical (unpaired) electrons. The topological polar surface area (TPSA) is 52.6 Å². The SMILES string of the molecule is CCN(CC)C(=O)C(O)C1CCNCC1. The molecule has 1 fully saturated rings. The normalized spacial score (nSPS) is 19.9. The van der Waals surface area contributed by atoms with Gasteiger partial charge in [0.15, 0.2) is 0 Å². The van der Waals surface area contributed by atoms with Crippen LogP contribution in [0.5, 0.6) is 0 Å². The first-order valence-corrected chi connectivity index (χ1v) is 5.88. The van der Waals surface area contributed by atoms with Crippen molar-refractivity contribution in [3.05, 3.63) is 0 Å². The summed E-state index contributed by atoms with van der Waals surface area (Å²) < 4.78 is 0. The van der Waals surface area contributed by atoms with Crippen molar-refractivity contribution in [2.45, 2.75) is 32.8 Å². The van der Waals surface area contributed by atoms with Crippen LogP contribution in [0, 0.1) is 5.92 Å². The molecule has 2 N–H and O–H groups in total. The standard InChI is InChI=1S/C11H22N2O2/c1-3-13(4-2)11(15)10(14)9-5-7-12-8-6-9/h9-10,12,14H,3-8H2,1-2H3. The molecule has 1 aliphatic heterocycles. The van der Waals surface area contributed by atoms with Gasteiger partial charge in [-0.05, 0) is 45.7 Å². The lowest BCUT2D eigenvalue weighted by Gasteiger charge is -2.30. The Labute approximate surface area is 91.6 Å². The smallest absolute Gasteiger partial charge is 0.251 e. The largest absolute Gasteiger partial charge is 0.383 e. The van der Waals surface area contributed by atoms with Crippen molar-refractivity contribution in [3.63, 3.8) is 0 Å². The van der Waals surface area contributed by atoms with Crippen LogP contribution in [0.2, 0.25) is 0 Å². The molecule has 0 spiro atoms. The van der Waals surface area contributed by atoms with Gasteiger partial charge in [0, 0.05) is 13.1 Å². The number of carbonyl (C=O) groups is 1. The van der Waals surface area contributed by atoms with E-state index in [1.54, 1.807) is 4.90 Å². The summed E-state index contributed by atoms with van der Waals surface area (Å²) in [6, 6.07) is 0. The maximum absolute atomic E-state index is 11.9. The lowest BCUT2D eigenvalue weighted by Crippen LogP contribution is -2.45. The molecule has 0 aromatic carbocycles. The fourth-order valence-electron chi connectivity index (χ4n) is 2.08. The molecule has 0 aromatic rings. The second-order valence-electron chi connectivity index (χ2n) is 4.04. The first-order valence-electron chi connectivity index (χ1n) is 5.88. The number of aliphatic hydroxyl groups is 1. The zero-order valence-corrected chi connectivity index (χ0v) is 9.70. The van der Waals surface area contributed by atoms with E-state index in [1.165, 1.54) is 0 Å². The Hall–Kier alpha value is -0.610. The van der Waals surface area contributed by atoms with E-state index in [9.17, 15) is 9.90 Å². The second kappa shape index (κ2) is 6.08. The Balaban J connectivity index is 2.49. The van der Waals surface area contributed by atoms with Gasteiger partial charge in [-0.1, -0.05) is 0 Å². The van der Waals surface area contributed by atoms with Crippen LogP contribution >= 0.6 is 0 Å². The van der Waals surface area contributed by atoms with Crippen molar-refractivity contribution in [1.82, 2.24) is 10.2 Å². The van der Waals surface area contributed by atoms with Gasteiger partial charge in [0.05, 0.1) is 0 Å². The zero-order valence-electron chi connectivity index (χ0n) is 9.70. The average Bonchev–Trinajstić information content (AvgIpc) is 2.30. The molecule has 1 unspecified atom stereocenters. The molecule has 1 rings (SSSR count). The van der Waals surface area contributed by atoms with Gasteiger partial charge in [0.25, 0.3) is 5.91 Å². The van der Waals surface area contributed by atoms with Crippen LogP contribution in [-0.2, 0) is 4.79 Å². The number of hydrogen-bond acceptors (Lipinski definition) is 3. The first-order chi connectivity index (χ1) is 7.20. The molecule has 1 amide bonds. The Morgan fingerprint density at radius 3 is 2.40 bits per heavy atom. The van der Waals surface area contributed by atoms with Gasteiger partial charge in [0.2, 0.25) is 0 Å². The summed E-state index contributed by atoms with van der Waals surface area (Å²) in [4.78, 5) is 13.6. The number of carbonyl (C=O) groups excluding carboxylic acids is 1. The van der Waals surface area contributed by atoms with E-state index in [4.69, 9.17) is 0 Å². The van der Waals surface area contributed by atoms with Crippen LogP contribution in [0.25, 0.3) is 0 Å². The Morgan fingerprint density at radius 2 is 1.93 bits per heavy atom. The molecule has 1 atom stereocenters. The average molecular weight is 214 g/mol. The number of rotatable bonds is 4. The van der Waals surface area contributed by atoms with E-state index in [-0.39, 0.29) is 11.8 Å². The molecule has 0 saturated carbocycles. The quantitative estimate of drug-likeness (QED) is 0.703. The highest BCUT2D eigenvalue weighted by atomic mass is 16.3. The van der Waals surface area contributed by atoms with Crippen LogP contribution in [0.4, 0.5) is 0 Å². The van der Waals surface area contributed by atoms with Gasteiger partial charge in [-0.2, -0.15) is 0 Å². The van der Waals surface area contributed by atoms with Crippen LogP contribution in [0.15, 0.2) is 0 Å². The highest BCUT2D eigenvalue weighted by Gasteiger charge is 2.29. The third-order valence-electron chi connectivity index (χ3n) is 3.16. The lowest BCUT2D eigenvalue weighted by atomic mass is 9.91. The monoisotopic (exact) mass is 214 g/mol. The molecule has 0 aliphatic carbocycles. The Kier molecular flexibility index (Phi) is 5.05. The van der Waals surface area contributed by atoms with Crippen molar-refractivity contribution in [2.24, 2.45) is 5.92 Å². The summed E-state index contributed by atoms with van der Waals surface area (Å²) >= 11 is 0. The van der Waals surface area contributed by atoms with E-state index in [2.05, 4.69) is 5.32 Å². The van der Waals surface area contributed by atoms with E-state index in [0.717, 1.165) is 25.9 Å². The van der Waals surface area contributed by atoms with E-state index in [0.29, 0.717) is 13.1 Å². The summed E-state index contributed by atoms with van der Waals surface area (Å²) in [6.07, 6.45) is 0.995. The molecule has 1 saturated heterocycles. The van der Waals surface area contributed by atoms with Crippen molar-refractivity contribution in [3.8, 4) is 0 Å². The summed E-state index contributed by atoms with van der Waals surface area (Å²) in [7, 11) is 0. The number of piperidine rings is 1. The third kappa shape index (κ3) is 3.18. The van der Waals surface area contributed by atoms with Gasteiger partial charge in [-0.15, -0.1) is 0 Å². The Morgan fingerprint density at radius 1 is 1.40 bits per heavy atom. The Bertz CT molecular complexity index is 199. The summed E-state index contributed by atoms with van der Waals surface area (Å²) in [6.45, 7) is 7.06. The minimum absolute atomic E-state index is 0.105. The molecule has 15 heavy (non-hydrogen) atoms. The van der Waals surface area contributed by atoms with Crippen LogP contribution in [0.1, 0.15) is 26.7 Å². The highest BCUT2D eigenvalue weighted by molar-refractivity contribution is 5.80. The maximum Gasteiger partial charge on any atom is 0.251 e. The molecule has 0 aromatic heterocycles. The first kappa shape index (κ1) is 12.5. The summed E-state index contributed by atoms with van der Waals surface area (Å²) in [5.74, 6) is 0.0336. The predicted molar refractivity (Wildman–Crippen MR) is 59.5 cm³/mol. The van der Waals surface area contributed by atoms with E-state index < -0.39 is 6.10 Å². The van der Waals surface area contributed by atoms with Crippen molar-refractivity contribution in [2.75, 3.05) is 26.2 Å². The third-order valence-corrected chi connectivity index (χ3v) is 3.16. The molecule has 4 heteroatoms.